The third kappa shape index (κ3) is 6.64. The summed E-state index contributed by atoms with van der Waals surface area (Å²) in [7, 11) is 0. The fraction of sp³-hybridized carbons (Fsp3) is 0.391. The molecule has 1 aliphatic rings. The molecule has 0 radical (unpaired) electrons. The van der Waals surface area contributed by atoms with Crippen LogP contribution in [-0.4, -0.2) is 19.3 Å². The Morgan fingerprint density at radius 2 is 1.63 bits per heavy atom. The van der Waals surface area contributed by atoms with Crippen LogP contribution in [0.5, 0.6) is 11.5 Å². The number of aromatic nitrogens is 4. The predicted octanol–water partition coefficient (Wildman–Crippen LogP) is 12.5. The molecule has 0 amide bonds. The van der Waals surface area contributed by atoms with E-state index in [0.717, 1.165) is 52.6 Å². The number of fused-ring (bicyclic) bond motifs is 3. The number of ether oxygens (including phenoxy) is 1. The largest absolute Gasteiger partial charge is 0.457 e. The van der Waals surface area contributed by atoms with Crippen LogP contribution in [0, 0.1) is 18.8 Å². The fourth-order valence-electron chi connectivity index (χ4n) is 8.30. The predicted molar refractivity (Wildman–Crippen MR) is 213 cm³/mol. The molecule has 0 saturated heterocycles. The summed E-state index contributed by atoms with van der Waals surface area (Å²) < 4.78 is 11.3. The second kappa shape index (κ2) is 13.5. The maximum atomic E-state index is 6.85. The van der Waals surface area contributed by atoms with Gasteiger partial charge in [0.1, 0.15) is 17.3 Å². The first kappa shape index (κ1) is 34.8. The first-order valence-electron chi connectivity index (χ1n) is 18.9. The summed E-state index contributed by atoms with van der Waals surface area (Å²) in [5, 5.41) is 7.66. The minimum Gasteiger partial charge on any atom is -0.457 e. The average molecular weight is 679 g/mol. The molecule has 0 spiro atoms. The van der Waals surface area contributed by atoms with Crippen molar-refractivity contribution >= 4 is 21.8 Å². The van der Waals surface area contributed by atoms with Gasteiger partial charge in [-0.1, -0.05) is 85.2 Å². The quantitative estimate of drug-likeness (QED) is 0.151. The van der Waals surface area contributed by atoms with Crippen LogP contribution in [0.3, 0.4) is 0 Å². The van der Waals surface area contributed by atoms with E-state index in [1.807, 2.05) is 6.20 Å². The minimum atomic E-state index is -0.0859. The van der Waals surface area contributed by atoms with Crippen molar-refractivity contribution in [3.05, 3.63) is 119 Å². The third-order valence-electron chi connectivity index (χ3n) is 10.7. The van der Waals surface area contributed by atoms with Crippen LogP contribution in [0.15, 0.2) is 90.6 Å². The normalized spacial score (nSPS) is 16.8. The summed E-state index contributed by atoms with van der Waals surface area (Å²) in [5.74, 6) is 4.38. The number of hydrogen-bond donors (Lipinski definition) is 0. The van der Waals surface area contributed by atoms with Crippen molar-refractivity contribution in [1.29, 1.82) is 0 Å². The van der Waals surface area contributed by atoms with Crippen molar-refractivity contribution in [3.63, 3.8) is 0 Å². The summed E-state index contributed by atoms with van der Waals surface area (Å²) in [5.41, 5.74) is 11.0. The Bertz CT molecular complexity index is 2260. The number of allylic oxidation sites excluding steroid dienone is 2. The molecule has 0 unspecified atom stereocenters. The molecule has 0 N–H and O–H groups in total. The first-order valence-corrected chi connectivity index (χ1v) is 18.9. The van der Waals surface area contributed by atoms with Crippen LogP contribution in [0.25, 0.3) is 33.3 Å². The van der Waals surface area contributed by atoms with E-state index in [0.29, 0.717) is 23.7 Å². The van der Waals surface area contributed by atoms with Crippen LogP contribution in [0.2, 0.25) is 0 Å². The highest BCUT2D eigenvalue weighted by molar-refractivity contribution is 6.09. The van der Waals surface area contributed by atoms with Crippen LogP contribution >= 0.6 is 0 Å². The lowest BCUT2D eigenvalue weighted by molar-refractivity contribution is 0.445. The van der Waals surface area contributed by atoms with Crippen molar-refractivity contribution in [3.8, 4) is 23.0 Å². The van der Waals surface area contributed by atoms with E-state index < -0.39 is 0 Å². The van der Waals surface area contributed by atoms with Crippen LogP contribution in [0.1, 0.15) is 115 Å². The second-order valence-corrected chi connectivity index (χ2v) is 16.7. The second-order valence-electron chi connectivity index (χ2n) is 16.7. The Balaban J connectivity index is 1.35. The highest BCUT2D eigenvalue weighted by Crippen LogP contribution is 2.44. The van der Waals surface area contributed by atoms with Crippen LogP contribution < -0.4 is 4.74 Å². The molecule has 2 atom stereocenters. The molecule has 51 heavy (non-hydrogen) atoms. The topological polar surface area (TPSA) is 44.9 Å². The maximum absolute atomic E-state index is 6.85. The molecule has 7 rings (SSSR count). The third-order valence-corrected chi connectivity index (χ3v) is 10.7. The first-order chi connectivity index (χ1) is 24.3. The number of nitrogens with zero attached hydrogens (tertiary/aromatic N) is 4. The maximum Gasteiger partial charge on any atom is 0.137 e. The summed E-state index contributed by atoms with van der Waals surface area (Å²) in [6.45, 7) is 22.8. The van der Waals surface area contributed by atoms with Gasteiger partial charge < -0.3 is 4.74 Å². The van der Waals surface area contributed by atoms with Gasteiger partial charge in [0.2, 0.25) is 0 Å². The molecular weight excluding hydrogens is 625 g/mol. The molecule has 0 bridgehead atoms. The molecule has 1 aliphatic carbocycles. The number of para-hydroxylation sites is 1. The highest BCUT2D eigenvalue weighted by atomic mass is 16.5. The lowest BCUT2D eigenvalue weighted by Gasteiger charge is -2.30. The SMILES string of the molecule is CC1=CCC[C@H](C)[C@H]1c1c(C)nn(-c2cc(Oc3ccc4c5ccccc5n(-c5cc(CC(C)C)ccn5)c4c3)cc(C(C)(C)C)c2)c1C(C)C. The van der Waals surface area contributed by atoms with E-state index >= 15 is 0 Å². The summed E-state index contributed by atoms with van der Waals surface area (Å²) in [4.78, 5) is 4.87. The van der Waals surface area contributed by atoms with Gasteiger partial charge in [-0.3, -0.25) is 4.57 Å². The molecule has 3 aromatic heterocycles. The fourth-order valence-corrected chi connectivity index (χ4v) is 8.30. The van der Waals surface area contributed by atoms with Gasteiger partial charge in [0.05, 0.1) is 28.1 Å². The zero-order valence-corrected chi connectivity index (χ0v) is 32.2. The van der Waals surface area contributed by atoms with Crippen LogP contribution in [0.4, 0.5) is 0 Å². The number of benzene rings is 3. The Morgan fingerprint density at radius 1 is 0.863 bits per heavy atom. The van der Waals surface area contributed by atoms with E-state index in [1.54, 1.807) is 0 Å². The molecular formula is C46H54N4O. The van der Waals surface area contributed by atoms with E-state index in [9.17, 15) is 0 Å². The number of aryl methyl sites for hydroxylation is 1. The molecule has 0 aliphatic heterocycles. The van der Waals surface area contributed by atoms with Crippen LogP contribution in [-0.2, 0) is 11.8 Å². The molecule has 0 saturated carbocycles. The Morgan fingerprint density at radius 3 is 2.35 bits per heavy atom. The molecule has 5 nitrogen and oxygen atoms in total. The zero-order chi connectivity index (χ0) is 36.2. The minimum absolute atomic E-state index is 0.0859. The van der Waals surface area contributed by atoms with E-state index in [4.69, 9.17) is 14.8 Å². The number of pyridine rings is 1. The summed E-state index contributed by atoms with van der Waals surface area (Å²) >= 11 is 0. The van der Waals surface area contributed by atoms with Gasteiger partial charge in [0, 0.05) is 40.6 Å². The van der Waals surface area contributed by atoms with Gasteiger partial charge >= 0.3 is 0 Å². The number of rotatable bonds is 8. The molecule has 0 fully saturated rings. The molecule has 3 heterocycles. The van der Waals surface area contributed by atoms with Gasteiger partial charge in [-0.05, 0) is 110 Å². The van der Waals surface area contributed by atoms with Crippen molar-refractivity contribution in [2.24, 2.45) is 11.8 Å². The van der Waals surface area contributed by atoms with Gasteiger partial charge in [0.15, 0.2) is 0 Å². The standard InChI is InChI=1S/C46H54N4O/c1-28(2)22-33-20-21-47-42(23-33)49-40-17-12-11-16-38(40)39-19-18-36(27-41(39)49)51-37-25-34(46(8,9)10)24-35(26-37)50-45(29(3)4)44(32(7)48-50)43-30(5)14-13-15-31(43)6/h11-12,14,16-21,23-29,31,43H,13,15,22H2,1-10H3/t31-,43-/m0/s1. The molecule has 264 valence electrons. The smallest absolute Gasteiger partial charge is 0.137 e. The monoisotopic (exact) mass is 678 g/mol. The lowest BCUT2D eigenvalue weighted by atomic mass is 9.74. The van der Waals surface area contributed by atoms with Gasteiger partial charge in [-0.2, -0.15) is 5.10 Å². The van der Waals surface area contributed by atoms with Crippen molar-refractivity contribution in [1.82, 2.24) is 19.3 Å². The zero-order valence-electron chi connectivity index (χ0n) is 32.2. The van der Waals surface area contributed by atoms with E-state index in [1.165, 1.54) is 45.2 Å². The Labute approximate surface area is 304 Å². The Hall–Kier alpha value is -4.64. The van der Waals surface area contributed by atoms with Crippen molar-refractivity contribution in [2.75, 3.05) is 0 Å². The number of hydrogen-bond acceptors (Lipinski definition) is 3. The molecule has 3 aromatic carbocycles. The summed E-state index contributed by atoms with van der Waals surface area (Å²) in [6.07, 6.45) is 7.76. The van der Waals surface area contributed by atoms with Gasteiger partial charge in [-0.15, -0.1) is 0 Å². The average Bonchev–Trinajstić information content (AvgIpc) is 3.58. The highest BCUT2D eigenvalue weighted by Gasteiger charge is 2.32. The Kier molecular flexibility index (Phi) is 9.20. The van der Waals surface area contributed by atoms with Gasteiger partial charge in [0.25, 0.3) is 0 Å². The summed E-state index contributed by atoms with van der Waals surface area (Å²) in [6, 6.07) is 26.1. The molecule has 6 aromatic rings. The van der Waals surface area contributed by atoms with E-state index in [2.05, 4.69) is 157 Å². The molecule has 5 heteroatoms. The van der Waals surface area contributed by atoms with Crippen molar-refractivity contribution in [2.45, 2.75) is 106 Å². The lowest BCUT2D eigenvalue weighted by Crippen LogP contribution is -2.18. The van der Waals surface area contributed by atoms with Crippen molar-refractivity contribution < 1.29 is 4.74 Å². The van der Waals surface area contributed by atoms with Gasteiger partial charge in [-0.25, -0.2) is 9.67 Å². The van der Waals surface area contributed by atoms with E-state index in [-0.39, 0.29) is 5.41 Å².